The van der Waals surface area contributed by atoms with Crippen LogP contribution in [0.1, 0.15) is 30.5 Å². The van der Waals surface area contributed by atoms with Gasteiger partial charge in [-0.1, -0.05) is 0 Å². The van der Waals surface area contributed by atoms with Gasteiger partial charge in [0.1, 0.15) is 0 Å². The number of Topliss-reactive ketones (excluding diaryl/α,β-unsaturated/α-hetero) is 1. The zero-order valence-corrected chi connectivity index (χ0v) is 17.4. The lowest BCUT2D eigenvalue weighted by molar-refractivity contribution is -0.420. The van der Waals surface area contributed by atoms with Crippen molar-refractivity contribution in [2.45, 2.75) is 31.5 Å². The van der Waals surface area contributed by atoms with Crippen LogP contribution in [0.3, 0.4) is 0 Å². The largest absolute Gasteiger partial charge is 0.478 e. The van der Waals surface area contributed by atoms with Crippen molar-refractivity contribution in [3.05, 3.63) is 56.5 Å². The average Bonchev–Trinajstić information content (AvgIpc) is 3.02. The van der Waals surface area contributed by atoms with Gasteiger partial charge in [0.2, 0.25) is 5.78 Å². The molecule has 0 aromatic carbocycles. The zero-order chi connectivity index (χ0) is 23.9. The number of fused-ring (bicyclic) bond motifs is 1. The fourth-order valence-corrected chi connectivity index (χ4v) is 4.90. The van der Waals surface area contributed by atoms with Crippen molar-refractivity contribution < 1.29 is 32.8 Å². The first-order chi connectivity index (χ1) is 15.6. The van der Waals surface area contributed by atoms with Crippen molar-refractivity contribution >= 4 is 17.3 Å². The van der Waals surface area contributed by atoms with Gasteiger partial charge in [0.15, 0.2) is 0 Å². The fraction of sp³-hybridized carbons (Fsp3) is 0.476. The molecule has 1 aromatic heterocycles. The van der Waals surface area contributed by atoms with Crippen molar-refractivity contribution in [1.29, 1.82) is 0 Å². The minimum absolute atomic E-state index is 0.0464. The summed E-state index contributed by atoms with van der Waals surface area (Å²) in [6, 6.07) is 1.80. The molecular weight excluding hydrogens is 445 g/mol. The molecule has 0 amide bonds. The molecule has 3 heterocycles. The van der Waals surface area contributed by atoms with Gasteiger partial charge in [0.25, 0.3) is 0 Å². The second-order valence-electron chi connectivity index (χ2n) is 8.35. The van der Waals surface area contributed by atoms with Crippen LogP contribution in [0, 0.1) is 16.0 Å². The van der Waals surface area contributed by atoms with Crippen LogP contribution in [0.15, 0.2) is 35.2 Å². The molecule has 0 bridgehead atoms. The molecule has 0 saturated carbocycles. The SMILES string of the molecule is O=C(O)C1=C(c2ccc(C(F)(F)F)cn2)C([C@@H]2C[C@H]3CNCCCN3C2)=C([N+](=O)[O-])C(=O)C1. The van der Waals surface area contributed by atoms with Crippen LogP contribution in [-0.2, 0) is 15.8 Å². The number of rotatable bonds is 4. The van der Waals surface area contributed by atoms with Crippen molar-refractivity contribution in [2.75, 3.05) is 26.2 Å². The van der Waals surface area contributed by atoms with E-state index in [1.165, 1.54) is 0 Å². The fourth-order valence-electron chi connectivity index (χ4n) is 4.90. The Balaban J connectivity index is 1.86. The Morgan fingerprint density at radius 1 is 1.33 bits per heavy atom. The second-order valence-corrected chi connectivity index (χ2v) is 8.35. The number of hydrogen-bond donors (Lipinski definition) is 2. The number of nitrogens with one attached hydrogen (secondary N) is 1. The molecule has 2 saturated heterocycles. The van der Waals surface area contributed by atoms with E-state index in [0.717, 1.165) is 31.6 Å². The molecule has 9 nitrogen and oxygen atoms in total. The lowest BCUT2D eigenvalue weighted by Crippen LogP contribution is -2.34. The summed E-state index contributed by atoms with van der Waals surface area (Å²) in [5, 5.41) is 25.0. The topological polar surface area (TPSA) is 126 Å². The molecule has 12 heteroatoms. The van der Waals surface area contributed by atoms with Crippen LogP contribution in [0.25, 0.3) is 5.57 Å². The van der Waals surface area contributed by atoms with Crippen LogP contribution in [0.5, 0.6) is 0 Å². The highest BCUT2D eigenvalue weighted by Gasteiger charge is 2.46. The zero-order valence-electron chi connectivity index (χ0n) is 17.4. The number of halogens is 3. The quantitative estimate of drug-likeness (QED) is 0.511. The van der Waals surface area contributed by atoms with Gasteiger partial charge in [-0.25, -0.2) is 4.79 Å². The molecule has 4 rings (SSSR count). The first-order valence-corrected chi connectivity index (χ1v) is 10.4. The van der Waals surface area contributed by atoms with E-state index >= 15 is 0 Å². The smallest absolute Gasteiger partial charge is 0.417 e. The van der Waals surface area contributed by atoms with Crippen molar-refractivity contribution in [1.82, 2.24) is 15.2 Å². The van der Waals surface area contributed by atoms with E-state index in [4.69, 9.17) is 0 Å². The predicted molar refractivity (Wildman–Crippen MR) is 108 cm³/mol. The number of pyridine rings is 1. The third-order valence-corrected chi connectivity index (χ3v) is 6.33. The number of alkyl halides is 3. The first-order valence-electron chi connectivity index (χ1n) is 10.4. The lowest BCUT2D eigenvalue weighted by atomic mass is 9.78. The Bertz CT molecular complexity index is 1050. The summed E-state index contributed by atoms with van der Waals surface area (Å²) in [5.41, 5.74) is -2.44. The van der Waals surface area contributed by atoms with Crippen LogP contribution in [-0.4, -0.2) is 63.9 Å². The standard InChI is InChI=1S/C21H21F3N4O5/c22-21(23,24)12-2-3-15(26-8-12)18-14(20(30)31)7-16(29)19(28(32)33)17(18)11-6-13-9-25-4-1-5-27(13)10-11/h2-3,8,11,13,25H,1,4-7,9-10H2,(H,30,31)/t11-,13+/m1/s1. The summed E-state index contributed by atoms with van der Waals surface area (Å²) in [7, 11) is 0. The first kappa shape index (κ1) is 23.1. The Morgan fingerprint density at radius 2 is 2.09 bits per heavy atom. The lowest BCUT2D eigenvalue weighted by Gasteiger charge is -2.24. The summed E-state index contributed by atoms with van der Waals surface area (Å²) in [5.74, 6) is -2.93. The Hall–Kier alpha value is -3.12. The summed E-state index contributed by atoms with van der Waals surface area (Å²) in [6.45, 7) is 2.60. The van der Waals surface area contributed by atoms with E-state index < -0.39 is 52.0 Å². The van der Waals surface area contributed by atoms with E-state index in [1.54, 1.807) is 0 Å². The van der Waals surface area contributed by atoms with Crippen LogP contribution >= 0.6 is 0 Å². The van der Waals surface area contributed by atoms with Crippen molar-refractivity contribution in [3.8, 4) is 0 Å². The predicted octanol–water partition coefficient (Wildman–Crippen LogP) is 2.13. The highest BCUT2D eigenvalue weighted by atomic mass is 19.4. The third-order valence-electron chi connectivity index (χ3n) is 6.33. The molecule has 33 heavy (non-hydrogen) atoms. The maximum Gasteiger partial charge on any atom is 0.417 e. The normalized spacial score (nSPS) is 24.6. The molecule has 1 aromatic rings. The number of nitrogens with zero attached hydrogens (tertiary/aromatic N) is 3. The Morgan fingerprint density at radius 3 is 2.70 bits per heavy atom. The number of carbonyl (C=O) groups excluding carboxylic acids is 1. The number of carboxylic acid groups (broad SMARTS) is 1. The average molecular weight is 466 g/mol. The van der Waals surface area contributed by atoms with E-state index in [-0.39, 0.29) is 22.9 Å². The van der Waals surface area contributed by atoms with E-state index in [0.29, 0.717) is 25.7 Å². The number of carboxylic acids is 1. The number of aromatic nitrogens is 1. The van der Waals surface area contributed by atoms with Gasteiger partial charge >= 0.3 is 17.8 Å². The number of hydrogen-bond acceptors (Lipinski definition) is 7. The van der Waals surface area contributed by atoms with E-state index in [1.807, 2.05) is 0 Å². The Kier molecular flexibility index (Phi) is 6.06. The Labute approximate surface area is 186 Å². The van der Waals surface area contributed by atoms with Gasteiger partial charge in [0.05, 0.1) is 28.2 Å². The number of nitro groups is 1. The number of allylic oxidation sites excluding steroid dienone is 2. The van der Waals surface area contributed by atoms with Gasteiger partial charge in [-0.3, -0.25) is 24.8 Å². The second kappa shape index (κ2) is 8.67. The summed E-state index contributed by atoms with van der Waals surface area (Å²) >= 11 is 0. The maximum atomic E-state index is 13.0. The molecule has 2 N–H and O–H groups in total. The van der Waals surface area contributed by atoms with Gasteiger partial charge in [0, 0.05) is 42.4 Å². The monoisotopic (exact) mass is 466 g/mol. The minimum atomic E-state index is -4.65. The third kappa shape index (κ3) is 4.40. The van der Waals surface area contributed by atoms with Crippen LogP contribution in [0.4, 0.5) is 13.2 Å². The van der Waals surface area contributed by atoms with Crippen molar-refractivity contribution in [3.63, 3.8) is 0 Å². The number of carbonyl (C=O) groups is 2. The van der Waals surface area contributed by atoms with Crippen LogP contribution < -0.4 is 5.32 Å². The molecule has 1 aliphatic carbocycles. The minimum Gasteiger partial charge on any atom is -0.478 e. The molecular formula is C21H21F3N4O5. The van der Waals surface area contributed by atoms with Crippen molar-refractivity contribution in [2.24, 2.45) is 5.92 Å². The number of aliphatic carboxylic acids is 1. The number of ketones is 1. The highest BCUT2D eigenvalue weighted by Crippen LogP contribution is 2.44. The van der Waals surface area contributed by atoms with E-state index in [2.05, 4.69) is 15.2 Å². The van der Waals surface area contributed by atoms with Gasteiger partial charge in [-0.2, -0.15) is 13.2 Å². The molecule has 2 atom stereocenters. The van der Waals surface area contributed by atoms with E-state index in [9.17, 15) is 38.0 Å². The summed E-state index contributed by atoms with van der Waals surface area (Å²) < 4.78 is 39.0. The van der Waals surface area contributed by atoms with Gasteiger partial charge in [-0.05, 0) is 38.1 Å². The van der Waals surface area contributed by atoms with Gasteiger partial charge < -0.3 is 10.4 Å². The molecule has 0 spiro atoms. The summed E-state index contributed by atoms with van der Waals surface area (Å²) in [6.07, 6.45) is -3.50. The molecule has 0 radical (unpaired) electrons. The highest BCUT2D eigenvalue weighted by molar-refractivity contribution is 6.13. The maximum absolute atomic E-state index is 13.0. The summed E-state index contributed by atoms with van der Waals surface area (Å²) in [4.78, 5) is 41.7. The molecule has 2 aliphatic heterocycles. The van der Waals surface area contributed by atoms with Gasteiger partial charge in [-0.15, -0.1) is 0 Å². The molecule has 3 aliphatic rings. The molecule has 0 unspecified atom stereocenters. The molecule has 2 fully saturated rings. The van der Waals surface area contributed by atoms with Crippen LogP contribution in [0.2, 0.25) is 0 Å². The molecule has 176 valence electrons.